The lowest BCUT2D eigenvalue weighted by atomic mass is 10.1. The first-order valence-electron chi connectivity index (χ1n) is 8.62. The summed E-state index contributed by atoms with van der Waals surface area (Å²) in [6, 6.07) is 14.0. The van der Waals surface area contributed by atoms with E-state index in [-0.39, 0.29) is 13.2 Å². The van der Waals surface area contributed by atoms with Crippen LogP contribution in [0.1, 0.15) is 0 Å². The second-order valence-electron chi connectivity index (χ2n) is 6.09. The zero-order chi connectivity index (χ0) is 18.4. The monoisotopic (exact) mass is 364 g/mol. The average molecular weight is 364 g/mol. The minimum Gasteiger partial charge on any atom is -0.491 e. The number of rotatable bonds is 8. The topological polar surface area (TPSA) is 97.6 Å². The van der Waals surface area contributed by atoms with Gasteiger partial charge in [0, 0.05) is 0 Å². The van der Waals surface area contributed by atoms with E-state index in [1.54, 1.807) is 0 Å². The van der Waals surface area contributed by atoms with E-state index in [0.717, 1.165) is 16.5 Å². The van der Waals surface area contributed by atoms with Crippen LogP contribution in [0.4, 0.5) is 0 Å². The first kappa shape index (κ1) is 19.0. The molecule has 1 heterocycles. The van der Waals surface area contributed by atoms with Crippen molar-refractivity contribution in [2.75, 3.05) is 33.0 Å². The van der Waals surface area contributed by atoms with Crippen molar-refractivity contribution in [1.29, 1.82) is 0 Å². The van der Waals surface area contributed by atoms with Gasteiger partial charge in [-0.3, -0.25) is 0 Å². The Morgan fingerprint density at radius 3 is 2.50 bits per heavy atom. The molecule has 0 spiro atoms. The molecule has 0 bridgehead atoms. The Hall–Kier alpha value is -1.74. The largest absolute Gasteiger partial charge is 0.491 e. The van der Waals surface area contributed by atoms with Crippen LogP contribution < -0.4 is 4.74 Å². The highest BCUT2D eigenvalue weighted by Crippen LogP contribution is 2.20. The van der Waals surface area contributed by atoms with Gasteiger partial charge >= 0.3 is 0 Å². The van der Waals surface area contributed by atoms with Gasteiger partial charge in [0.15, 0.2) is 6.29 Å². The van der Waals surface area contributed by atoms with Crippen LogP contribution in [0.15, 0.2) is 42.5 Å². The highest BCUT2D eigenvalue weighted by Gasteiger charge is 2.38. The van der Waals surface area contributed by atoms with Gasteiger partial charge in [0.1, 0.15) is 30.7 Å². The average Bonchev–Trinajstić information content (AvgIpc) is 2.67. The van der Waals surface area contributed by atoms with Crippen molar-refractivity contribution in [2.24, 2.45) is 0 Å². The SMILES string of the molecule is O[C@@H]1[C@@H](O)[C@H](OCCOCCOc2ccc3ccccc3c2)OC[C@H]1O. The van der Waals surface area contributed by atoms with Gasteiger partial charge in [0.05, 0.1) is 26.4 Å². The third kappa shape index (κ3) is 4.91. The summed E-state index contributed by atoms with van der Waals surface area (Å²) >= 11 is 0. The molecule has 0 unspecified atom stereocenters. The second kappa shape index (κ2) is 9.27. The first-order chi connectivity index (χ1) is 12.6. The quantitative estimate of drug-likeness (QED) is 0.593. The predicted molar refractivity (Wildman–Crippen MR) is 94.0 cm³/mol. The maximum atomic E-state index is 9.73. The molecule has 2 aromatic rings. The van der Waals surface area contributed by atoms with Gasteiger partial charge in [0.25, 0.3) is 0 Å². The predicted octanol–water partition coefficient (Wildman–Crippen LogP) is 0.691. The molecular formula is C19H24O7. The molecule has 2 aromatic carbocycles. The zero-order valence-corrected chi connectivity index (χ0v) is 14.4. The van der Waals surface area contributed by atoms with Gasteiger partial charge in [0.2, 0.25) is 0 Å². The highest BCUT2D eigenvalue weighted by atomic mass is 16.7. The molecule has 1 aliphatic heterocycles. The summed E-state index contributed by atoms with van der Waals surface area (Å²) in [6.07, 6.45) is -4.63. The molecule has 4 atom stereocenters. The molecule has 3 rings (SSSR count). The first-order valence-corrected chi connectivity index (χ1v) is 8.62. The lowest BCUT2D eigenvalue weighted by molar-refractivity contribution is -0.271. The van der Waals surface area contributed by atoms with Crippen LogP contribution in [0.3, 0.4) is 0 Å². The fourth-order valence-corrected chi connectivity index (χ4v) is 2.73. The fourth-order valence-electron chi connectivity index (χ4n) is 2.73. The van der Waals surface area contributed by atoms with Crippen LogP contribution >= 0.6 is 0 Å². The van der Waals surface area contributed by atoms with Crippen molar-refractivity contribution in [1.82, 2.24) is 0 Å². The maximum Gasteiger partial charge on any atom is 0.186 e. The zero-order valence-electron chi connectivity index (χ0n) is 14.4. The van der Waals surface area contributed by atoms with E-state index in [0.29, 0.717) is 19.8 Å². The minimum absolute atomic E-state index is 0.0800. The van der Waals surface area contributed by atoms with Crippen LogP contribution in [0.25, 0.3) is 10.8 Å². The maximum absolute atomic E-state index is 9.73. The molecule has 0 amide bonds. The summed E-state index contributed by atoms with van der Waals surface area (Å²) in [6.45, 7) is 1.22. The normalized spacial score (nSPS) is 26.1. The molecule has 0 saturated carbocycles. The number of aliphatic hydroxyl groups excluding tert-OH is 3. The van der Waals surface area contributed by atoms with Gasteiger partial charge in [-0.2, -0.15) is 0 Å². The number of ether oxygens (including phenoxy) is 4. The number of benzene rings is 2. The lowest BCUT2D eigenvalue weighted by Crippen LogP contribution is -2.53. The Kier molecular flexibility index (Phi) is 6.79. The van der Waals surface area contributed by atoms with Crippen LogP contribution in [0.5, 0.6) is 5.75 Å². The Morgan fingerprint density at radius 1 is 0.885 bits per heavy atom. The van der Waals surface area contributed by atoms with E-state index in [4.69, 9.17) is 18.9 Å². The van der Waals surface area contributed by atoms with Gasteiger partial charge in [-0.15, -0.1) is 0 Å². The standard InChI is InChI=1S/C19H24O7/c20-16-12-26-19(18(22)17(16)21)25-10-8-23-7-9-24-15-6-5-13-3-1-2-4-14(13)11-15/h1-6,11,16-22H,7-10,12H2/t16-,17+,18-,19-/m1/s1. The summed E-state index contributed by atoms with van der Waals surface area (Å²) in [4.78, 5) is 0. The number of hydrogen-bond acceptors (Lipinski definition) is 7. The van der Waals surface area contributed by atoms with E-state index >= 15 is 0 Å². The molecule has 7 nitrogen and oxygen atoms in total. The Balaban J connectivity index is 1.29. The van der Waals surface area contributed by atoms with E-state index in [2.05, 4.69) is 6.07 Å². The third-order valence-electron chi connectivity index (χ3n) is 4.18. The molecule has 0 aromatic heterocycles. The fraction of sp³-hybridized carbons (Fsp3) is 0.474. The van der Waals surface area contributed by atoms with Crippen molar-refractivity contribution < 1.29 is 34.3 Å². The Bertz CT molecular complexity index is 692. The highest BCUT2D eigenvalue weighted by molar-refractivity contribution is 5.83. The molecule has 3 N–H and O–H groups in total. The van der Waals surface area contributed by atoms with Crippen LogP contribution in [-0.2, 0) is 14.2 Å². The molecule has 1 fully saturated rings. The van der Waals surface area contributed by atoms with Gasteiger partial charge in [-0.25, -0.2) is 0 Å². The van der Waals surface area contributed by atoms with Crippen molar-refractivity contribution in [2.45, 2.75) is 24.6 Å². The smallest absolute Gasteiger partial charge is 0.186 e. The molecule has 26 heavy (non-hydrogen) atoms. The molecule has 0 aliphatic carbocycles. The molecule has 1 aliphatic rings. The van der Waals surface area contributed by atoms with Gasteiger partial charge in [-0.05, 0) is 22.9 Å². The third-order valence-corrected chi connectivity index (χ3v) is 4.18. The van der Waals surface area contributed by atoms with Crippen LogP contribution in [0, 0.1) is 0 Å². The van der Waals surface area contributed by atoms with Crippen LogP contribution in [-0.4, -0.2) is 73.0 Å². The minimum atomic E-state index is -1.28. The van der Waals surface area contributed by atoms with Gasteiger partial charge in [-0.1, -0.05) is 30.3 Å². The van der Waals surface area contributed by atoms with Crippen molar-refractivity contribution in [3.05, 3.63) is 42.5 Å². The molecule has 0 radical (unpaired) electrons. The molecule has 1 saturated heterocycles. The van der Waals surface area contributed by atoms with E-state index in [1.165, 1.54) is 0 Å². The van der Waals surface area contributed by atoms with E-state index in [1.807, 2.05) is 36.4 Å². The van der Waals surface area contributed by atoms with E-state index in [9.17, 15) is 15.3 Å². The Morgan fingerprint density at radius 2 is 1.65 bits per heavy atom. The number of fused-ring (bicyclic) bond motifs is 1. The summed E-state index contributed by atoms with van der Waals surface area (Å²) in [5.74, 6) is 0.787. The lowest BCUT2D eigenvalue weighted by Gasteiger charge is -2.34. The van der Waals surface area contributed by atoms with E-state index < -0.39 is 24.6 Å². The summed E-state index contributed by atoms with van der Waals surface area (Å²) in [7, 11) is 0. The molecule has 7 heteroatoms. The van der Waals surface area contributed by atoms with Crippen molar-refractivity contribution in [3.8, 4) is 5.75 Å². The molecule has 142 valence electrons. The summed E-state index contributed by atoms with van der Waals surface area (Å²) in [5.41, 5.74) is 0. The second-order valence-corrected chi connectivity index (χ2v) is 6.09. The van der Waals surface area contributed by atoms with Crippen molar-refractivity contribution in [3.63, 3.8) is 0 Å². The summed E-state index contributed by atoms with van der Waals surface area (Å²) in [5, 5.41) is 30.9. The number of hydrogen-bond donors (Lipinski definition) is 3. The molecular weight excluding hydrogens is 340 g/mol. The van der Waals surface area contributed by atoms with Crippen molar-refractivity contribution >= 4 is 10.8 Å². The van der Waals surface area contributed by atoms with Crippen LogP contribution in [0.2, 0.25) is 0 Å². The number of aliphatic hydroxyl groups is 3. The summed E-state index contributed by atoms with van der Waals surface area (Å²) < 4.78 is 21.5. The van der Waals surface area contributed by atoms with Gasteiger partial charge < -0.3 is 34.3 Å². The Labute approximate surface area is 151 Å².